The Labute approximate surface area is 143 Å². The number of carboxylic acid groups (broad SMARTS) is 2. The quantitative estimate of drug-likeness (QED) is 0.283. The predicted octanol–water partition coefficient (Wildman–Crippen LogP) is 3.79. The average molecular weight is 342 g/mol. The zero-order chi connectivity index (χ0) is 18.6. The third-order valence-electron chi connectivity index (χ3n) is 4.29. The lowest BCUT2D eigenvalue weighted by molar-refractivity contribution is -0.184. The molecule has 0 aliphatic carbocycles. The van der Waals surface area contributed by atoms with Crippen molar-refractivity contribution in [3.8, 4) is 0 Å². The molecule has 2 N–H and O–H groups in total. The van der Waals surface area contributed by atoms with Crippen LogP contribution < -0.4 is 0 Å². The summed E-state index contributed by atoms with van der Waals surface area (Å²) < 4.78 is 5.29. The average Bonchev–Trinajstić information content (AvgIpc) is 2.53. The molecule has 0 aromatic heterocycles. The van der Waals surface area contributed by atoms with Crippen molar-refractivity contribution in [2.24, 2.45) is 5.92 Å². The van der Waals surface area contributed by atoms with Gasteiger partial charge in [-0.1, -0.05) is 46.1 Å². The van der Waals surface area contributed by atoms with Crippen LogP contribution in [0.4, 0.5) is 0 Å². The molecule has 0 aliphatic rings. The summed E-state index contributed by atoms with van der Waals surface area (Å²) in [5.41, 5.74) is -1.53. The number of hydrogen-bond donors (Lipinski definition) is 2. The molecule has 6 heteroatoms. The molecule has 0 saturated carbocycles. The topological polar surface area (TPSA) is 101 Å². The zero-order valence-electron chi connectivity index (χ0n) is 14.8. The van der Waals surface area contributed by atoms with E-state index in [0.29, 0.717) is 19.3 Å². The second-order valence-electron chi connectivity index (χ2n) is 6.17. The molecular formula is C18H30O6. The summed E-state index contributed by atoms with van der Waals surface area (Å²) in [6, 6.07) is 0. The third-order valence-corrected chi connectivity index (χ3v) is 4.29. The SMILES string of the molecule is C=CC(=O)OC(CCCC)(C(=O)O)C(C)CCCCCCC(=O)O. The van der Waals surface area contributed by atoms with Crippen LogP contribution in [0.1, 0.15) is 71.6 Å². The van der Waals surface area contributed by atoms with Gasteiger partial charge >= 0.3 is 17.9 Å². The fourth-order valence-electron chi connectivity index (χ4n) is 2.73. The minimum Gasteiger partial charge on any atom is -0.481 e. The Bertz CT molecular complexity index is 431. The van der Waals surface area contributed by atoms with E-state index < -0.39 is 23.5 Å². The van der Waals surface area contributed by atoms with Crippen LogP contribution in [0.15, 0.2) is 12.7 Å². The number of rotatable bonds is 14. The minimum atomic E-state index is -1.53. The van der Waals surface area contributed by atoms with Crippen molar-refractivity contribution in [1.29, 1.82) is 0 Å². The monoisotopic (exact) mass is 342 g/mol. The van der Waals surface area contributed by atoms with Gasteiger partial charge in [-0.3, -0.25) is 4.79 Å². The van der Waals surface area contributed by atoms with Crippen LogP contribution in [0.25, 0.3) is 0 Å². The van der Waals surface area contributed by atoms with Gasteiger partial charge in [-0.15, -0.1) is 0 Å². The summed E-state index contributed by atoms with van der Waals surface area (Å²) in [7, 11) is 0. The van der Waals surface area contributed by atoms with E-state index in [2.05, 4.69) is 6.58 Å². The van der Waals surface area contributed by atoms with Crippen LogP contribution in [-0.2, 0) is 19.1 Å². The Morgan fingerprint density at radius 1 is 1.12 bits per heavy atom. The van der Waals surface area contributed by atoms with Gasteiger partial charge in [0.1, 0.15) is 0 Å². The first kappa shape index (κ1) is 22.1. The Morgan fingerprint density at radius 2 is 1.75 bits per heavy atom. The van der Waals surface area contributed by atoms with Crippen LogP contribution in [0, 0.1) is 5.92 Å². The summed E-state index contributed by atoms with van der Waals surface area (Å²) >= 11 is 0. The highest BCUT2D eigenvalue weighted by molar-refractivity contribution is 5.87. The first-order valence-corrected chi connectivity index (χ1v) is 8.60. The first-order valence-electron chi connectivity index (χ1n) is 8.60. The van der Waals surface area contributed by atoms with Crippen molar-refractivity contribution >= 4 is 17.9 Å². The molecule has 0 heterocycles. The van der Waals surface area contributed by atoms with E-state index in [-0.39, 0.29) is 18.8 Å². The van der Waals surface area contributed by atoms with E-state index in [1.54, 1.807) is 6.92 Å². The van der Waals surface area contributed by atoms with E-state index in [0.717, 1.165) is 31.8 Å². The van der Waals surface area contributed by atoms with Gasteiger partial charge in [-0.25, -0.2) is 9.59 Å². The lowest BCUT2D eigenvalue weighted by Gasteiger charge is -2.34. The molecule has 0 bridgehead atoms. The standard InChI is InChI=1S/C18H30O6/c1-4-6-13-18(17(22)23,24-16(21)5-2)14(3)11-9-7-8-10-12-15(19)20/h5,14H,2,4,6-13H2,1,3H3,(H,19,20)(H,22,23). The molecular weight excluding hydrogens is 312 g/mol. The molecule has 0 amide bonds. The van der Waals surface area contributed by atoms with Gasteiger partial charge in [0.25, 0.3) is 0 Å². The van der Waals surface area contributed by atoms with Gasteiger partial charge < -0.3 is 14.9 Å². The highest BCUT2D eigenvalue weighted by Crippen LogP contribution is 2.33. The van der Waals surface area contributed by atoms with Crippen molar-refractivity contribution in [3.63, 3.8) is 0 Å². The fourth-order valence-corrected chi connectivity index (χ4v) is 2.73. The van der Waals surface area contributed by atoms with E-state index in [4.69, 9.17) is 9.84 Å². The van der Waals surface area contributed by atoms with Crippen molar-refractivity contribution < 1.29 is 29.3 Å². The van der Waals surface area contributed by atoms with E-state index >= 15 is 0 Å². The molecule has 0 saturated heterocycles. The molecule has 0 radical (unpaired) electrons. The highest BCUT2D eigenvalue weighted by Gasteiger charge is 2.46. The van der Waals surface area contributed by atoms with Crippen LogP contribution in [-0.4, -0.2) is 33.7 Å². The number of carbonyl (C=O) groups excluding carboxylic acids is 1. The number of unbranched alkanes of at least 4 members (excludes halogenated alkanes) is 4. The summed E-state index contributed by atoms with van der Waals surface area (Å²) in [4.78, 5) is 33.9. The summed E-state index contributed by atoms with van der Waals surface area (Å²) in [5.74, 6) is -2.97. The smallest absolute Gasteiger partial charge is 0.348 e. The number of esters is 1. The molecule has 0 aromatic carbocycles. The Morgan fingerprint density at radius 3 is 2.25 bits per heavy atom. The minimum absolute atomic E-state index is 0.155. The second kappa shape index (κ2) is 11.6. The van der Waals surface area contributed by atoms with Gasteiger partial charge in [-0.05, 0) is 25.7 Å². The number of ether oxygens (including phenoxy) is 1. The van der Waals surface area contributed by atoms with Crippen molar-refractivity contribution in [1.82, 2.24) is 0 Å². The predicted molar refractivity (Wildman–Crippen MR) is 90.7 cm³/mol. The maximum absolute atomic E-state index is 11.9. The van der Waals surface area contributed by atoms with Gasteiger partial charge in [0.05, 0.1) is 0 Å². The summed E-state index contributed by atoms with van der Waals surface area (Å²) in [6.07, 6.45) is 6.50. The van der Waals surface area contributed by atoms with Crippen molar-refractivity contribution in [3.05, 3.63) is 12.7 Å². The van der Waals surface area contributed by atoms with Crippen LogP contribution in [0.2, 0.25) is 0 Å². The summed E-state index contributed by atoms with van der Waals surface area (Å²) in [5, 5.41) is 18.3. The Hall–Kier alpha value is -1.85. The molecule has 6 nitrogen and oxygen atoms in total. The van der Waals surface area contributed by atoms with E-state index in [9.17, 15) is 19.5 Å². The number of carbonyl (C=O) groups is 3. The van der Waals surface area contributed by atoms with E-state index in [1.165, 1.54) is 0 Å². The lowest BCUT2D eigenvalue weighted by Crippen LogP contribution is -2.48. The molecule has 0 spiro atoms. The van der Waals surface area contributed by atoms with Gasteiger partial charge in [0, 0.05) is 18.4 Å². The Kier molecular flexibility index (Phi) is 10.8. The molecule has 0 fully saturated rings. The van der Waals surface area contributed by atoms with E-state index in [1.807, 2.05) is 6.92 Å². The normalized spacial score (nSPS) is 14.4. The van der Waals surface area contributed by atoms with Crippen molar-refractivity contribution in [2.45, 2.75) is 77.2 Å². The van der Waals surface area contributed by atoms with Crippen molar-refractivity contribution in [2.75, 3.05) is 0 Å². The maximum atomic E-state index is 11.9. The third kappa shape index (κ3) is 7.62. The van der Waals surface area contributed by atoms with Gasteiger partial charge in [0.15, 0.2) is 0 Å². The van der Waals surface area contributed by atoms with Crippen LogP contribution in [0.5, 0.6) is 0 Å². The number of carboxylic acids is 2. The molecule has 0 aromatic rings. The van der Waals surface area contributed by atoms with Crippen LogP contribution in [0.3, 0.4) is 0 Å². The molecule has 2 unspecified atom stereocenters. The maximum Gasteiger partial charge on any atom is 0.348 e. The zero-order valence-corrected chi connectivity index (χ0v) is 14.8. The van der Waals surface area contributed by atoms with Crippen LogP contribution >= 0.6 is 0 Å². The molecule has 0 rings (SSSR count). The lowest BCUT2D eigenvalue weighted by atomic mass is 9.80. The largest absolute Gasteiger partial charge is 0.481 e. The first-order chi connectivity index (χ1) is 11.3. The number of aliphatic carboxylic acids is 2. The molecule has 138 valence electrons. The highest BCUT2D eigenvalue weighted by atomic mass is 16.6. The number of hydrogen-bond acceptors (Lipinski definition) is 4. The molecule has 2 atom stereocenters. The van der Waals surface area contributed by atoms with Gasteiger partial charge in [-0.2, -0.15) is 0 Å². The molecule has 24 heavy (non-hydrogen) atoms. The molecule has 0 aliphatic heterocycles. The Balaban J connectivity index is 4.73. The fraction of sp³-hybridized carbons (Fsp3) is 0.722. The van der Waals surface area contributed by atoms with Gasteiger partial charge in [0.2, 0.25) is 5.60 Å². The second-order valence-corrected chi connectivity index (χ2v) is 6.17. The summed E-state index contributed by atoms with van der Waals surface area (Å²) in [6.45, 7) is 7.08.